The lowest BCUT2D eigenvalue weighted by Crippen LogP contribution is -2.31. The van der Waals surface area contributed by atoms with Gasteiger partial charge in [0.25, 0.3) is 5.91 Å². The van der Waals surface area contributed by atoms with E-state index in [1.807, 2.05) is 13.8 Å². The number of carbonyl (C=O) groups excluding carboxylic acids is 1. The fourth-order valence-corrected chi connectivity index (χ4v) is 5.70. The van der Waals surface area contributed by atoms with Crippen molar-refractivity contribution in [2.24, 2.45) is 0 Å². The van der Waals surface area contributed by atoms with Crippen molar-refractivity contribution in [3.8, 4) is 5.75 Å². The van der Waals surface area contributed by atoms with Gasteiger partial charge in [-0.2, -0.15) is 0 Å². The van der Waals surface area contributed by atoms with Gasteiger partial charge in [0.1, 0.15) is 16.7 Å². The highest BCUT2D eigenvalue weighted by Crippen LogP contribution is 2.45. The number of ether oxygens (including phenoxy) is 1. The number of halogens is 1. The smallest absolute Gasteiger partial charge is 0.295 e. The van der Waals surface area contributed by atoms with E-state index in [0.29, 0.717) is 23.6 Å². The summed E-state index contributed by atoms with van der Waals surface area (Å²) in [6, 6.07) is 19.0. The SMILES string of the molecule is CCOc1cccc([C@H]2C(S(=O)(=O)c3ccc(C)cc3)=C(O)C(=O)N2c2ccc(Br)cc2)c1. The van der Waals surface area contributed by atoms with Crippen molar-refractivity contribution in [2.75, 3.05) is 11.5 Å². The third-order valence-electron chi connectivity index (χ3n) is 5.37. The van der Waals surface area contributed by atoms with Crippen LogP contribution in [0.1, 0.15) is 24.1 Å². The van der Waals surface area contributed by atoms with Gasteiger partial charge in [0, 0.05) is 10.2 Å². The molecule has 0 aromatic heterocycles. The number of amides is 1. The first-order valence-electron chi connectivity index (χ1n) is 10.3. The number of anilines is 1. The van der Waals surface area contributed by atoms with Gasteiger partial charge in [-0.15, -0.1) is 0 Å². The summed E-state index contributed by atoms with van der Waals surface area (Å²) in [5.74, 6) is -1.03. The van der Waals surface area contributed by atoms with Gasteiger partial charge >= 0.3 is 0 Å². The fraction of sp³-hybridized carbons (Fsp3) is 0.160. The number of rotatable bonds is 6. The number of hydrogen-bond donors (Lipinski definition) is 1. The van der Waals surface area contributed by atoms with Crippen LogP contribution in [0.4, 0.5) is 5.69 Å². The highest BCUT2D eigenvalue weighted by Gasteiger charge is 2.47. The van der Waals surface area contributed by atoms with E-state index in [0.717, 1.165) is 10.0 Å². The van der Waals surface area contributed by atoms with E-state index in [-0.39, 0.29) is 9.80 Å². The zero-order valence-electron chi connectivity index (χ0n) is 18.0. The van der Waals surface area contributed by atoms with Gasteiger partial charge in [-0.05, 0) is 67.9 Å². The molecule has 3 aromatic carbocycles. The summed E-state index contributed by atoms with van der Waals surface area (Å²) in [4.78, 5) is 14.2. The second-order valence-corrected chi connectivity index (χ2v) is 10.4. The predicted molar refractivity (Wildman–Crippen MR) is 130 cm³/mol. The van der Waals surface area contributed by atoms with Gasteiger partial charge in [-0.3, -0.25) is 9.69 Å². The Morgan fingerprint density at radius 2 is 1.70 bits per heavy atom. The molecule has 3 aromatic rings. The lowest BCUT2D eigenvalue weighted by molar-refractivity contribution is -0.117. The molecule has 0 saturated heterocycles. The molecule has 1 heterocycles. The molecule has 1 aliphatic rings. The van der Waals surface area contributed by atoms with Gasteiger partial charge in [0.2, 0.25) is 9.84 Å². The van der Waals surface area contributed by atoms with Gasteiger partial charge < -0.3 is 9.84 Å². The number of sulfone groups is 1. The van der Waals surface area contributed by atoms with E-state index in [1.165, 1.54) is 17.0 Å². The molecule has 8 heteroatoms. The van der Waals surface area contributed by atoms with Crippen LogP contribution in [0.2, 0.25) is 0 Å². The van der Waals surface area contributed by atoms with E-state index in [2.05, 4.69) is 15.9 Å². The summed E-state index contributed by atoms with van der Waals surface area (Å²) in [5.41, 5.74) is 1.86. The molecule has 0 aliphatic carbocycles. The molecule has 1 aliphatic heterocycles. The topological polar surface area (TPSA) is 83.9 Å². The summed E-state index contributed by atoms with van der Waals surface area (Å²) >= 11 is 3.37. The summed E-state index contributed by atoms with van der Waals surface area (Å²) < 4.78 is 33.8. The Bertz CT molecular complexity index is 1330. The number of hydrogen-bond acceptors (Lipinski definition) is 5. The third kappa shape index (κ3) is 4.28. The average Bonchev–Trinajstić information content (AvgIpc) is 3.06. The molecule has 0 radical (unpaired) electrons. The van der Waals surface area contributed by atoms with Crippen LogP contribution in [0.25, 0.3) is 0 Å². The molecule has 0 spiro atoms. The van der Waals surface area contributed by atoms with E-state index in [4.69, 9.17) is 4.74 Å². The molecule has 170 valence electrons. The van der Waals surface area contributed by atoms with Gasteiger partial charge in [0.15, 0.2) is 5.76 Å². The van der Waals surface area contributed by atoms with Crippen molar-refractivity contribution in [3.63, 3.8) is 0 Å². The highest BCUT2D eigenvalue weighted by molar-refractivity contribution is 9.10. The maximum absolute atomic E-state index is 13.7. The summed E-state index contributed by atoms with van der Waals surface area (Å²) in [7, 11) is -4.19. The Balaban J connectivity index is 1.93. The first-order chi connectivity index (χ1) is 15.7. The molecule has 33 heavy (non-hydrogen) atoms. The Labute approximate surface area is 201 Å². The van der Waals surface area contributed by atoms with Crippen molar-refractivity contribution < 1.29 is 23.1 Å². The van der Waals surface area contributed by atoms with Crippen LogP contribution in [0.3, 0.4) is 0 Å². The molecule has 1 atom stereocenters. The van der Waals surface area contributed by atoms with E-state index < -0.39 is 27.5 Å². The van der Waals surface area contributed by atoms with Crippen LogP contribution < -0.4 is 9.64 Å². The van der Waals surface area contributed by atoms with Crippen molar-refractivity contribution in [3.05, 3.63) is 99.1 Å². The zero-order chi connectivity index (χ0) is 23.8. The Kier molecular flexibility index (Phi) is 6.32. The number of benzene rings is 3. The molecule has 1 amide bonds. The summed E-state index contributed by atoms with van der Waals surface area (Å²) in [6.45, 7) is 4.13. The van der Waals surface area contributed by atoms with E-state index in [9.17, 15) is 18.3 Å². The van der Waals surface area contributed by atoms with Crippen LogP contribution >= 0.6 is 15.9 Å². The van der Waals surface area contributed by atoms with Gasteiger partial charge in [-0.25, -0.2) is 8.42 Å². The minimum absolute atomic E-state index is 0.00562. The van der Waals surface area contributed by atoms with Crippen molar-refractivity contribution >= 4 is 37.4 Å². The van der Waals surface area contributed by atoms with Crippen LogP contribution in [-0.2, 0) is 14.6 Å². The monoisotopic (exact) mass is 527 g/mol. The van der Waals surface area contributed by atoms with Gasteiger partial charge in [-0.1, -0.05) is 45.8 Å². The predicted octanol–water partition coefficient (Wildman–Crippen LogP) is 5.49. The lowest BCUT2D eigenvalue weighted by atomic mass is 10.1. The largest absolute Gasteiger partial charge is 0.502 e. The third-order valence-corrected chi connectivity index (χ3v) is 7.79. The van der Waals surface area contributed by atoms with E-state index in [1.54, 1.807) is 60.7 Å². The molecule has 0 bridgehead atoms. The Morgan fingerprint density at radius 3 is 2.33 bits per heavy atom. The van der Waals surface area contributed by atoms with Gasteiger partial charge in [0.05, 0.1) is 11.5 Å². The number of nitrogens with zero attached hydrogens (tertiary/aromatic N) is 1. The molecule has 0 saturated carbocycles. The van der Waals surface area contributed by atoms with E-state index >= 15 is 0 Å². The summed E-state index contributed by atoms with van der Waals surface area (Å²) in [6.07, 6.45) is 0. The van der Waals surface area contributed by atoms with Crippen LogP contribution in [0, 0.1) is 6.92 Å². The maximum atomic E-state index is 13.7. The van der Waals surface area contributed by atoms with Crippen LogP contribution in [0.15, 0.2) is 92.8 Å². The molecule has 4 rings (SSSR count). The fourth-order valence-electron chi connectivity index (χ4n) is 3.81. The standard InChI is InChI=1S/C25H22BrNO5S/c1-3-32-20-6-4-5-17(15-20)22-24(33(30,31)21-13-7-16(2)8-14-21)23(28)25(29)27(22)19-11-9-18(26)10-12-19/h4-15,22,28H,3H2,1-2H3/t22-/m0/s1. The molecular weight excluding hydrogens is 506 g/mol. The molecule has 0 fully saturated rings. The Hall–Kier alpha value is -3.10. The van der Waals surface area contributed by atoms with Crippen LogP contribution in [-0.4, -0.2) is 26.0 Å². The average molecular weight is 528 g/mol. The first-order valence-corrected chi connectivity index (χ1v) is 12.6. The van der Waals surface area contributed by atoms with Crippen molar-refractivity contribution in [1.29, 1.82) is 0 Å². The number of aliphatic hydroxyl groups is 1. The number of carbonyl (C=O) groups is 1. The lowest BCUT2D eigenvalue weighted by Gasteiger charge is -2.27. The normalized spacial score (nSPS) is 16.4. The van der Waals surface area contributed by atoms with Crippen molar-refractivity contribution in [2.45, 2.75) is 24.8 Å². The molecule has 6 nitrogen and oxygen atoms in total. The molecule has 1 N–H and O–H groups in total. The van der Waals surface area contributed by atoms with Crippen LogP contribution in [0.5, 0.6) is 5.75 Å². The second-order valence-electron chi connectivity index (χ2n) is 7.59. The molecular formula is C25H22BrNO5S. The number of aryl methyl sites for hydroxylation is 1. The Morgan fingerprint density at radius 1 is 1.03 bits per heavy atom. The zero-order valence-corrected chi connectivity index (χ0v) is 20.4. The second kappa shape index (κ2) is 9.03. The number of aliphatic hydroxyl groups excluding tert-OH is 1. The summed E-state index contributed by atoms with van der Waals surface area (Å²) in [5, 5.41) is 10.9. The highest BCUT2D eigenvalue weighted by atomic mass is 79.9. The maximum Gasteiger partial charge on any atom is 0.295 e. The minimum atomic E-state index is -4.19. The quantitative estimate of drug-likeness (QED) is 0.458. The first kappa shape index (κ1) is 23.1. The van der Waals surface area contributed by atoms with Crippen molar-refractivity contribution in [1.82, 2.24) is 0 Å². The minimum Gasteiger partial charge on any atom is -0.502 e. The molecule has 0 unspecified atom stereocenters.